The van der Waals surface area contributed by atoms with Gasteiger partial charge in [-0.2, -0.15) is 8.78 Å². The number of benzene rings is 2. The average Bonchev–Trinajstić information content (AvgIpc) is 3.00. The summed E-state index contributed by atoms with van der Waals surface area (Å²) in [6, 6.07) is 11.4. The van der Waals surface area contributed by atoms with Gasteiger partial charge in [0.25, 0.3) is 0 Å². The molecule has 0 aliphatic rings. The third kappa shape index (κ3) is 3.77. The minimum atomic E-state index is -2.84. The first kappa shape index (κ1) is 16.1. The molecule has 0 aliphatic carbocycles. The van der Waals surface area contributed by atoms with Crippen LogP contribution in [0.3, 0.4) is 0 Å². The van der Waals surface area contributed by atoms with E-state index in [0.717, 1.165) is 11.1 Å². The Bertz CT molecular complexity index is 825. The Kier molecular flexibility index (Phi) is 4.75. The van der Waals surface area contributed by atoms with E-state index in [0.29, 0.717) is 20.1 Å². The summed E-state index contributed by atoms with van der Waals surface area (Å²) in [6.07, 6.45) is 0. The van der Waals surface area contributed by atoms with E-state index in [9.17, 15) is 8.78 Å². The molecule has 0 atom stereocenters. The van der Waals surface area contributed by atoms with Crippen molar-refractivity contribution in [3.63, 3.8) is 0 Å². The molecule has 0 saturated heterocycles. The molecular weight excluding hydrogens is 365 g/mol. The largest absolute Gasteiger partial charge is 0.435 e. The maximum atomic E-state index is 12.1. The Balaban J connectivity index is 1.85. The molecule has 2 aromatic carbocycles. The van der Waals surface area contributed by atoms with Crippen LogP contribution in [0.25, 0.3) is 21.1 Å². The Morgan fingerprint density at radius 2 is 1.48 bits per heavy atom. The van der Waals surface area contributed by atoms with Gasteiger partial charge in [0.05, 0.1) is 10.0 Å². The summed E-state index contributed by atoms with van der Waals surface area (Å²) in [5, 5.41) is 10.5. The zero-order valence-corrected chi connectivity index (χ0v) is 13.7. The molecule has 0 N–H and O–H groups in total. The second-order valence-electron chi connectivity index (χ2n) is 4.44. The molecule has 1 aromatic heterocycles. The Hall–Kier alpha value is -1.76. The molecule has 8 heteroatoms. The zero-order chi connectivity index (χ0) is 16.4. The minimum Gasteiger partial charge on any atom is -0.435 e. The molecule has 0 saturated carbocycles. The summed E-state index contributed by atoms with van der Waals surface area (Å²) in [5.74, 6) is 0.0953. The van der Waals surface area contributed by atoms with Crippen molar-refractivity contribution in [3.05, 3.63) is 52.5 Å². The van der Waals surface area contributed by atoms with Gasteiger partial charge in [0.15, 0.2) is 0 Å². The fourth-order valence-corrected chi connectivity index (χ4v) is 3.01. The molecule has 0 aliphatic heterocycles. The zero-order valence-electron chi connectivity index (χ0n) is 11.3. The van der Waals surface area contributed by atoms with E-state index in [2.05, 4.69) is 14.9 Å². The average molecular weight is 373 g/mol. The molecule has 3 nitrogen and oxygen atoms in total. The van der Waals surface area contributed by atoms with E-state index in [1.54, 1.807) is 30.3 Å². The van der Waals surface area contributed by atoms with E-state index >= 15 is 0 Å². The van der Waals surface area contributed by atoms with Gasteiger partial charge in [-0.3, -0.25) is 0 Å². The molecule has 118 valence electrons. The fourth-order valence-electron chi connectivity index (χ4n) is 1.86. The standard InChI is InChI=1S/C15H8Cl2F2N2OS/c16-11-6-3-9(7-12(11)17)14-21-20-13(23-14)8-1-4-10(5-2-8)22-15(18)19/h1-7,15H. The molecular formula is C15H8Cl2F2N2OS. The number of halogens is 4. The van der Waals surface area contributed by atoms with Gasteiger partial charge in [0.1, 0.15) is 15.8 Å². The highest BCUT2D eigenvalue weighted by atomic mass is 35.5. The van der Waals surface area contributed by atoms with Crippen LogP contribution in [0.15, 0.2) is 42.5 Å². The molecule has 0 amide bonds. The van der Waals surface area contributed by atoms with Gasteiger partial charge in [-0.15, -0.1) is 10.2 Å². The number of hydrogen-bond acceptors (Lipinski definition) is 4. The number of nitrogens with zero attached hydrogens (tertiary/aromatic N) is 2. The molecule has 1 heterocycles. The molecule has 0 bridgehead atoms. The van der Waals surface area contributed by atoms with Crippen molar-refractivity contribution in [2.24, 2.45) is 0 Å². The van der Waals surface area contributed by atoms with Crippen LogP contribution in [0.5, 0.6) is 5.75 Å². The van der Waals surface area contributed by atoms with Crippen LogP contribution in [0.2, 0.25) is 10.0 Å². The van der Waals surface area contributed by atoms with Crippen molar-refractivity contribution in [1.29, 1.82) is 0 Å². The molecule has 0 unspecified atom stereocenters. The lowest BCUT2D eigenvalue weighted by molar-refractivity contribution is -0.0498. The van der Waals surface area contributed by atoms with Crippen molar-refractivity contribution < 1.29 is 13.5 Å². The monoisotopic (exact) mass is 372 g/mol. The highest BCUT2D eigenvalue weighted by Gasteiger charge is 2.11. The number of rotatable bonds is 4. The second kappa shape index (κ2) is 6.78. The minimum absolute atomic E-state index is 0.0953. The van der Waals surface area contributed by atoms with Crippen LogP contribution < -0.4 is 4.74 Å². The smallest absolute Gasteiger partial charge is 0.387 e. The lowest BCUT2D eigenvalue weighted by Crippen LogP contribution is -2.01. The lowest BCUT2D eigenvalue weighted by atomic mass is 10.2. The fraction of sp³-hybridized carbons (Fsp3) is 0.0667. The van der Waals surface area contributed by atoms with Crippen molar-refractivity contribution >= 4 is 34.5 Å². The summed E-state index contributed by atoms with van der Waals surface area (Å²) in [6.45, 7) is -2.84. The molecule has 0 fully saturated rings. The van der Waals surface area contributed by atoms with Gasteiger partial charge in [0.2, 0.25) is 0 Å². The van der Waals surface area contributed by atoms with Gasteiger partial charge in [-0.05, 0) is 36.4 Å². The molecule has 3 aromatic rings. The first-order valence-corrected chi connectivity index (χ1v) is 7.94. The van der Waals surface area contributed by atoms with Crippen molar-refractivity contribution in [1.82, 2.24) is 10.2 Å². The summed E-state index contributed by atoms with van der Waals surface area (Å²) in [7, 11) is 0. The summed E-state index contributed by atoms with van der Waals surface area (Å²) in [4.78, 5) is 0. The topological polar surface area (TPSA) is 35.0 Å². The third-order valence-corrected chi connectivity index (χ3v) is 4.68. The third-order valence-electron chi connectivity index (χ3n) is 2.92. The predicted molar refractivity (Wildman–Crippen MR) is 87.4 cm³/mol. The van der Waals surface area contributed by atoms with Gasteiger partial charge < -0.3 is 4.74 Å². The van der Waals surface area contributed by atoms with Crippen LogP contribution in [0.1, 0.15) is 0 Å². The maximum absolute atomic E-state index is 12.1. The van der Waals surface area contributed by atoms with Gasteiger partial charge in [0, 0.05) is 11.1 Å². The number of hydrogen-bond donors (Lipinski definition) is 0. The number of alkyl halides is 2. The van der Waals surface area contributed by atoms with Crippen LogP contribution in [-0.2, 0) is 0 Å². The second-order valence-corrected chi connectivity index (χ2v) is 6.24. The highest BCUT2D eigenvalue weighted by Crippen LogP contribution is 2.33. The van der Waals surface area contributed by atoms with Gasteiger partial charge in [-0.25, -0.2) is 0 Å². The van der Waals surface area contributed by atoms with Crippen LogP contribution in [0.4, 0.5) is 8.78 Å². The summed E-state index contributed by atoms with van der Waals surface area (Å²) >= 11 is 13.2. The molecule has 3 rings (SSSR count). The molecule has 0 spiro atoms. The highest BCUT2D eigenvalue weighted by molar-refractivity contribution is 7.17. The Morgan fingerprint density at radius 1 is 0.870 bits per heavy atom. The summed E-state index contributed by atoms with van der Waals surface area (Å²) in [5.41, 5.74) is 1.57. The first-order valence-electron chi connectivity index (χ1n) is 6.37. The molecule has 23 heavy (non-hydrogen) atoms. The van der Waals surface area contributed by atoms with E-state index in [1.807, 2.05) is 0 Å². The van der Waals surface area contributed by atoms with E-state index < -0.39 is 6.61 Å². The lowest BCUT2D eigenvalue weighted by Gasteiger charge is -2.04. The van der Waals surface area contributed by atoms with E-state index in [1.165, 1.54) is 23.5 Å². The first-order chi connectivity index (χ1) is 11.0. The van der Waals surface area contributed by atoms with E-state index in [4.69, 9.17) is 23.2 Å². The SMILES string of the molecule is FC(F)Oc1ccc(-c2nnc(-c3ccc(Cl)c(Cl)c3)s2)cc1. The Morgan fingerprint density at radius 3 is 2.09 bits per heavy atom. The van der Waals surface area contributed by atoms with E-state index in [-0.39, 0.29) is 5.75 Å². The van der Waals surface area contributed by atoms with Gasteiger partial charge in [-0.1, -0.05) is 40.6 Å². The van der Waals surface area contributed by atoms with Crippen LogP contribution in [0, 0.1) is 0 Å². The van der Waals surface area contributed by atoms with Gasteiger partial charge >= 0.3 is 6.61 Å². The maximum Gasteiger partial charge on any atom is 0.387 e. The van der Waals surface area contributed by atoms with Crippen LogP contribution in [-0.4, -0.2) is 16.8 Å². The van der Waals surface area contributed by atoms with Crippen molar-refractivity contribution in [2.75, 3.05) is 0 Å². The Labute approximate surface area is 144 Å². The van der Waals surface area contributed by atoms with Crippen molar-refractivity contribution in [3.8, 4) is 26.9 Å². The van der Waals surface area contributed by atoms with Crippen LogP contribution >= 0.6 is 34.5 Å². The normalized spacial score (nSPS) is 11.0. The number of aromatic nitrogens is 2. The van der Waals surface area contributed by atoms with Crippen molar-refractivity contribution in [2.45, 2.75) is 6.61 Å². The summed E-state index contributed by atoms with van der Waals surface area (Å²) < 4.78 is 28.6. The number of ether oxygens (including phenoxy) is 1. The predicted octanol–water partition coefficient (Wildman–Crippen LogP) is 5.78. The molecule has 0 radical (unpaired) electrons. The quantitative estimate of drug-likeness (QED) is 0.582.